The van der Waals surface area contributed by atoms with Gasteiger partial charge in [-0.15, -0.1) is 0 Å². The number of hydrogen-bond acceptors (Lipinski definition) is 2. The molecular weight excluding hydrogens is 368 g/mol. The van der Waals surface area contributed by atoms with Crippen LogP contribution in [0.15, 0.2) is 54.1 Å². The van der Waals surface area contributed by atoms with Crippen molar-refractivity contribution in [2.45, 2.75) is 26.2 Å². The number of allylic oxidation sites excluding steroid dienone is 1. The molecule has 0 aliphatic rings. The summed E-state index contributed by atoms with van der Waals surface area (Å²) in [5, 5.41) is 11.9. The summed E-state index contributed by atoms with van der Waals surface area (Å²) < 4.78 is 6.00. The third-order valence-electron chi connectivity index (χ3n) is 4.03. The van der Waals surface area contributed by atoms with E-state index in [4.69, 9.17) is 9.84 Å². The minimum atomic E-state index is -0.723. The van der Waals surface area contributed by atoms with Crippen LogP contribution in [-0.4, -0.2) is 23.0 Å². The Morgan fingerprint density at radius 2 is 2.00 bits per heavy atom. The highest BCUT2D eigenvalue weighted by Gasteiger charge is 2.09. The number of benzene rings is 2. The molecular formula is C20H23BrO3. The number of aliphatic carboxylic acids is 1. The van der Waals surface area contributed by atoms with Gasteiger partial charge in [-0.25, -0.2) is 0 Å². The zero-order valence-electron chi connectivity index (χ0n) is 13.9. The summed E-state index contributed by atoms with van der Waals surface area (Å²) in [5.41, 5.74) is 1.17. The highest BCUT2D eigenvalue weighted by molar-refractivity contribution is 9.09. The molecule has 2 aromatic rings. The summed E-state index contributed by atoms with van der Waals surface area (Å²) in [5.74, 6) is -0.115. The van der Waals surface area contributed by atoms with E-state index in [0.717, 1.165) is 29.3 Å². The standard InChI is InChI=1S/C20H23BrO3/c1-15(20(22)23)7-2-3-8-16(13-21)14-24-19-12-6-10-17-9-4-5-11-18(17)19/h4-6,8-12,15H,2-3,7,13-14H2,1H3,(H,22,23). The maximum absolute atomic E-state index is 10.8. The topological polar surface area (TPSA) is 46.5 Å². The lowest BCUT2D eigenvalue weighted by atomic mass is 10.0. The van der Waals surface area contributed by atoms with Gasteiger partial charge >= 0.3 is 5.97 Å². The molecule has 0 spiro atoms. The number of alkyl halides is 1. The number of ether oxygens (including phenoxy) is 1. The predicted molar refractivity (Wildman–Crippen MR) is 102 cm³/mol. The third kappa shape index (κ3) is 5.38. The lowest BCUT2D eigenvalue weighted by molar-refractivity contribution is -0.141. The van der Waals surface area contributed by atoms with Crippen molar-refractivity contribution in [1.29, 1.82) is 0 Å². The van der Waals surface area contributed by atoms with Crippen LogP contribution in [-0.2, 0) is 4.79 Å². The Kier molecular flexibility index (Phi) is 7.32. The average molecular weight is 391 g/mol. The van der Waals surface area contributed by atoms with Gasteiger partial charge in [0.2, 0.25) is 0 Å². The molecule has 0 amide bonds. The highest BCUT2D eigenvalue weighted by atomic mass is 79.9. The molecule has 0 aliphatic carbocycles. The molecule has 0 saturated carbocycles. The summed E-state index contributed by atoms with van der Waals surface area (Å²) in [6.07, 6.45) is 4.59. The fourth-order valence-electron chi connectivity index (χ4n) is 2.50. The Balaban J connectivity index is 1.90. The Hall–Kier alpha value is -1.81. The Labute approximate surface area is 151 Å². The molecule has 2 rings (SSSR count). The fraction of sp³-hybridized carbons (Fsp3) is 0.350. The molecule has 2 aromatic carbocycles. The molecule has 0 radical (unpaired) electrons. The van der Waals surface area contributed by atoms with Crippen molar-refractivity contribution in [2.24, 2.45) is 5.92 Å². The Morgan fingerprint density at radius 3 is 2.75 bits per heavy atom. The zero-order chi connectivity index (χ0) is 17.4. The van der Waals surface area contributed by atoms with Crippen molar-refractivity contribution in [1.82, 2.24) is 0 Å². The monoisotopic (exact) mass is 390 g/mol. The van der Waals surface area contributed by atoms with Gasteiger partial charge in [0.15, 0.2) is 0 Å². The van der Waals surface area contributed by atoms with Gasteiger partial charge in [-0.2, -0.15) is 0 Å². The minimum Gasteiger partial charge on any atom is -0.489 e. The molecule has 1 N–H and O–H groups in total. The van der Waals surface area contributed by atoms with E-state index in [1.54, 1.807) is 6.92 Å². The smallest absolute Gasteiger partial charge is 0.306 e. The second kappa shape index (κ2) is 9.48. The van der Waals surface area contributed by atoms with Crippen LogP contribution in [0, 0.1) is 5.92 Å². The zero-order valence-corrected chi connectivity index (χ0v) is 15.5. The van der Waals surface area contributed by atoms with E-state index in [1.807, 2.05) is 24.3 Å². The first-order chi connectivity index (χ1) is 11.6. The van der Waals surface area contributed by atoms with Gasteiger partial charge in [0, 0.05) is 10.7 Å². The SMILES string of the molecule is CC(CCCC=C(CBr)COc1cccc2ccccc12)C(=O)O. The van der Waals surface area contributed by atoms with E-state index in [1.165, 1.54) is 11.0 Å². The van der Waals surface area contributed by atoms with Crippen LogP contribution in [0.3, 0.4) is 0 Å². The molecule has 0 bridgehead atoms. The van der Waals surface area contributed by atoms with Gasteiger partial charge < -0.3 is 9.84 Å². The molecule has 1 unspecified atom stereocenters. The number of rotatable bonds is 9. The fourth-order valence-corrected chi connectivity index (χ4v) is 2.89. The number of carbonyl (C=O) groups is 1. The van der Waals surface area contributed by atoms with Crippen LogP contribution < -0.4 is 4.74 Å². The number of carboxylic acids is 1. The minimum absolute atomic E-state index is 0.280. The molecule has 0 fully saturated rings. The van der Waals surface area contributed by atoms with Crippen LogP contribution in [0.2, 0.25) is 0 Å². The lowest BCUT2D eigenvalue weighted by Crippen LogP contribution is -2.08. The maximum atomic E-state index is 10.8. The van der Waals surface area contributed by atoms with Crippen molar-refractivity contribution in [3.05, 3.63) is 54.1 Å². The second-order valence-corrected chi connectivity index (χ2v) is 6.49. The van der Waals surface area contributed by atoms with Crippen LogP contribution in [0.4, 0.5) is 0 Å². The van der Waals surface area contributed by atoms with Gasteiger partial charge in [-0.3, -0.25) is 4.79 Å². The molecule has 1 atom stereocenters. The number of halogens is 1. The quantitative estimate of drug-likeness (QED) is 0.352. The number of fused-ring (bicyclic) bond motifs is 1. The second-order valence-electron chi connectivity index (χ2n) is 5.93. The molecule has 0 saturated heterocycles. The van der Waals surface area contributed by atoms with Crippen LogP contribution in [0.1, 0.15) is 26.2 Å². The number of unbranched alkanes of at least 4 members (excludes halogenated alkanes) is 1. The van der Waals surface area contributed by atoms with E-state index in [9.17, 15) is 4.79 Å². The van der Waals surface area contributed by atoms with Crippen molar-refractivity contribution in [2.75, 3.05) is 11.9 Å². The van der Waals surface area contributed by atoms with Gasteiger partial charge in [-0.1, -0.05) is 65.3 Å². The molecule has 0 aliphatic heterocycles. The van der Waals surface area contributed by atoms with E-state index >= 15 is 0 Å². The van der Waals surface area contributed by atoms with Gasteiger partial charge in [0.1, 0.15) is 12.4 Å². The van der Waals surface area contributed by atoms with Gasteiger partial charge in [0.25, 0.3) is 0 Å². The van der Waals surface area contributed by atoms with Crippen LogP contribution in [0.5, 0.6) is 5.75 Å². The van der Waals surface area contributed by atoms with E-state index < -0.39 is 5.97 Å². The summed E-state index contributed by atoms with van der Waals surface area (Å²) in [7, 11) is 0. The molecule has 0 heterocycles. The molecule has 3 nitrogen and oxygen atoms in total. The van der Waals surface area contributed by atoms with Crippen molar-refractivity contribution in [3.63, 3.8) is 0 Å². The summed E-state index contributed by atoms with van der Waals surface area (Å²) >= 11 is 3.50. The van der Waals surface area contributed by atoms with Crippen LogP contribution in [0.25, 0.3) is 10.8 Å². The highest BCUT2D eigenvalue weighted by Crippen LogP contribution is 2.25. The molecule has 128 valence electrons. The van der Waals surface area contributed by atoms with Gasteiger partial charge in [0.05, 0.1) is 5.92 Å². The summed E-state index contributed by atoms with van der Waals surface area (Å²) in [4.78, 5) is 10.8. The van der Waals surface area contributed by atoms with E-state index in [-0.39, 0.29) is 5.92 Å². The summed E-state index contributed by atoms with van der Waals surface area (Å²) in [6, 6.07) is 14.2. The first kappa shape index (κ1) is 18.5. The molecule has 0 aromatic heterocycles. The third-order valence-corrected chi connectivity index (χ3v) is 4.75. The Bertz CT molecular complexity index is 704. The Morgan fingerprint density at radius 1 is 1.25 bits per heavy atom. The largest absolute Gasteiger partial charge is 0.489 e. The predicted octanol–water partition coefficient (Wildman–Crippen LogP) is 5.43. The lowest BCUT2D eigenvalue weighted by Gasteiger charge is -2.11. The molecule has 4 heteroatoms. The van der Waals surface area contributed by atoms with Crippen molar-refractivity contribution < 1.29 is 14.6 Å². The van der Waals surface area contributed by atoms with Gasteiger partial charge in [-0.05, 0) is 36.3 Å². The first-order valence-corrected chi connectivity index (χ1v) is 9.31. The summed E-state index contributed by atoms with van der Waals surface area (Å²) in [6.45, 7) is 2.29. The van der Waals surface area contributed by atoms with Crippen molar-refractivity contribution in [3.8, 4) is 5.75 Å². The number of carboxylic acid groups (broad SMARTS) is 1. The van der Waals surface area contributed by atoms with E-state index in [2.05, 4.69) is 40.2 Å². The number of hydrogen-bond donors (Lipinski definition) is 1. The molecule has 24 heavy (non-hydrogen) atoms. The van der Waals surface area contributed by atoms with Crippen LogP contribution >= 0.6 is 15.9 Å². The normalized spacial score (nSPS) is 13.0. The van der Waals surface area contributed by atoms with Crippen molar-refractivity contribution >= 4 is 32.7 Å². The first-order valence-electron chi connectivity index (χ1n) is 8.19. The average Bonchev–Trinajstić information content (AvgIpc) is 2.60. The maximum Gasteiger partial charge on any atom is 0.306 e. The van der Waals surface area contributed by atoms with E-state index in [0.29, 0.717) is 13.0 Å².